The molecule has 1 rings (SSSR count). The molecule has 1 aromatic heterocycles. The summed E-state index contributed by atoms with van der Waals surface area (Å²) in [5, 5.41) is 15.3. The first kappa shape index (κ1) is 15.2. The lowest BCUT2D eigenvalue weighted by molar-refractivity contribution is -0.139. The second-order valence-electron chi connectivity index (χ2n) is 4.81. The number of amides is 1. The lowest BCUT2D eigenvalue weighted by atomic mass is 10.0. The van der Waals surface area contributed by atoms with Gasteiger partial charge < -0.3 is 14.9 Å². The third-order valence-electron chi connectivity index (χ3n) is 2.82. The Morgan fingerprint density at radius 1 is 1.42 bits per heavy atom. The summed E-state index contributed by atoms with van der Waals surface area (Å²) in [4.78, 5) is 23.2. The topological polar surface area (TPSA) is 92.4 Å². The molecule has 0 bridgehead atoms. The summed E-state index contributed by atoms with van der Waals surface area (Å²) in [5.74, 6) is -0.981. The zero-order valence-corrected chi connectivity index (χ0v) is 11.7. The van der Waals surface area contributed by atoms with E-state index >= 15 is 0 Å². The monoisotopic (exact) mass is 268 g/mol. The van der Waals surface area contributed by atoms with Crippen molar-refractivity contribution in [1.29, 1.82) is 0 Å². The number of carboxylic acids is 1. The molecule has 0 radical (unpaired) electrons. The Hall–Kier alpha value is -1.85. The van der Waals surface area contributed by atoms with Gasteiger partial charge in [0, 0.05) is 5.92 Å². The molecule has 0 aliphatic rings. The minimum atomic E-state index is -1.03. The minimum Gasteiger partial charge on any atom is -0.480 e. The Bertz CT molecular complexity index is 465. The van der Waals surface area contributed by atoms with E-state index in [1.54, 1.807) is 6.92 Å². The molecular formula is C13H20N2O4. The smallest absolute Gasteiger partial charge is 0.326 e. The summed E-state index contributed by atoms with van der Waals surface area (Å²) >= 11 is 0. The van der Waals surface area contributed by atoms with Crippen LogP contribution in [0.2, 0.25) is 0 Å². The molecule has 0 saturated heterocycles. The predicted octanol–water partition coefficient (Wildman–Crippen LogP) is 2.09. The van der Waals surface area contributed by atoms with Gasteiger partial charge in [-0.05, 0) is 13.3 Å². The van der Waals surface area contributed by atoms with Gasteiger partial charge in [0.15, 0.2) is 5.76 Å². The van der Waals surface area contributed by atoms with Crippen LogP contribution in [-0.2, 0) is 4.79 Å². The molecule has 6 heteroatoms. The van der Waals surface area contributed by atoms with Crippen LogP contribution in [-0.4, -0.2) is 28.2 Å². The van der Waals surface area contributed by atoms with Crippen molar-refractivity contribution in [1.82, 2.24) is 10.5 Å². The number of aromatic nitrogens is 1. The molecule has 0 unspecified atom stereocenters. The fourth-order valence-electron chi connectivity index (χ4n) is 1.83. The first-order valence-electron chi connectivity index (χ1n) is 6.38. The van der Waals surface area contributed by atoms with E-state index in [0.717, 1.165) is 0 Å². The Morgan fingerprint density at radius 2 is 2.05 bits per heavy atom. The van der Waals surface area contributed by atoms with E-state index in [0.29, 0.717) is 29.9 Å². The van der Waals surface area contributed by atoms with E-state index in [1.807, 2.05) is 20.8 Å². The Morgan fingerprint density at radius 3 is 2.53 bits per heavy atom. The number of nitrogens with one attached hydrogen (secondary N) is 1. The molecule has 106 valence electrons. The zero-order valence-electron chi connectivity index (χ0n) is 11.7. The summed E-state index contributed by atoms with van der Waals surface area (Å²) < 4.78 is 5.12. The lowest BCUT2D eigenvalue weighted by Gasteiger charge is -2.14. The van der Waals surface area contributed by atoms with E-state index in [4.69, 9.17) is 9.63 Å². The van der Waals surface area contributed by atoms with E-state index in [-0.39, 0.29) is 5.92 Å². The van der Waals surface area contributed by atoms with Crippen molar-refractivity contribution in [3.63, 3.8) is 0 Å². The van der Waals surface area contributed by atoms with E-state index in [2.05, 4.69) is 10.5 Å². The molecule has 6 nitrogen and oxygen atoms in total. The van der Waals surface area contributed by atoms with Crippen LogP contribution in [0.1, 0.15) is 61.3 Å². The molecule has 0 aliphatic carbocycles. The molecule has 19 heavy (non-hydrogen) atoms. The maximum Gasteiger partial charge on any atom is 0.326 e. The highest BCUT2D eigenvalue weighted by Gasteiger charge is 2.26. The van der Waals surface area contributed by atoms with E-state index in [1.165, 1.54) is 0 Å². The van der Waals surface area contributed by atoms with Gasteiger partial charge in [0.1, 0.15) is 11.6 Å². The number of carboxylic acid groups (broad SMARTS) is 1. The van der Waals surface area contributed by atoms with Crippen molar-refractivity contribution in [2.75, 3.05) is 0 Å². The van der Waals surface area contributed by atoms with Crippen LogP contribution in [0.25, 0.3) is 0 Å². The molecule has 0 saturated carbocycles. The number of carbonyl (C=O) groups excluding carboxylic acids is 1. The molecule has 0 aliphatic heterocycles. The third-order valence-corrected chi connectivity index (χ3v) is 2.82. The second-order valence-corrected chi connectivity index (χ2v) is 4.81. The number of hydrogen-bond donors (Lipinski definition) is 2. The molecule has 0 spiro atoms. The van der Waals surface area contributed by atoms with Crippen molar-refractivity contribution in [2.45, 2.75) is 52.5 Å². The Balaban J connectivity index is 2.94. The van der Waals surface area contributed by atoms with Crippen LogP contribution in [0, 0.1) is 6.92 Å². The van der Waals surface area contributed by atoms with E-state index < -0.39 is 17.9 Å². The molecule has 1 aromatic rings. The quantitative estimate of drug-likeness (QED) is 0.824. The second kappa shape index (κ2) is 6.36. The van der Waals surface area contributed by atoms with Gasteiger partial charge in [-0.2, -0.15) is 0 Å². The number of hydrogen-bond acceptors (Lipinski definition) is 4. The average molecular weight is 268 g/mol. The minimum absolute atomic E-state index is 0.0106. The van der Waals surface area contributed by atoms with Crippen molar-refractivity contribution in [3.8, 4) is 0 Å². The first-order valence-corrected chi connectivity index (χ1v) is 6.38. The van der Waals surface area contributed by atoms with Gasteiger partial charge >= 0.3 is 5.97 Å². The van der Waals surface area contributed by atoms with Crippen molar-refractivity contribution in [2.24, 2.45) is 0 Å². The van der Waals surface area contributed by atoms with Gasteiger partial charge in [0.2, 0.25) is 0 Å². The number of aliphatic carboxylic acids is 1. The fourth-order valence-corrected chi connectivity index (χ4v) is 1.83. The Labute approximate surface area is 112 Å². The van der Waals surface area contributed by atoms with Gasteiger partial charge in [-0.1, -0.05) is 32.3 Å². The summed E-state index contributed by atoms with van der Waals surface area (Å²) in [6.07, 6.45) is 1.07. The van der Waals surface area contributed by atoms with Gasteiger partial charge in [-0.25, -0.2) is 4.79 Å². The van der Waals surface area contributed by atoms with Crippen LogP contribution in [0.15, 0.2) is 4.52 Å². The summed E-state index contributed by atoms with van der Waals surface area (Å²) in [5.41, 5.74) is 0.819. The fraction of sp³-hybridized carbons (Fsp3) is 0.615. The maximum atomic E-state index is 12.2. The van der Waals surface area contributed by atoms with Gasteiger partial charge in [0.25, 0.3) is 5.91 Å². The number of rotatable bonds is 6. The molecule has 1 amide bonds. The number of carbonyl (C=O) groups is 2. The van der Waals surface area contributed by atoms with Crippen LogP contribution >= 0.6 is 0 Å². The molecule has 2 N–H and O–H groups in total. The van der Waals surface area contributed by atoms with E-state index in [9.17, 15) is 9.59 Å². The summed E-state index contributed by atoms with van der Waals surface area (Å²) in [7, 11) is 0. The highest BCUT2D eigenvalue weighted by molar-refractivity contribution is 5.98. The highest BCUT2D eigenvalue weighted by atomic mass is 16.5. The first-order chi connectivity index (χ1) is 8.88. The highest BCUT2D eigenvalue weighted by Crippen LogP contribution is 2.22. The van der Waals surface area contributed by atoms with Crippen molar-refractivity contribution < 1.29 is 19.2 Å². The molecular weight excluding hydrogens is 248 g/mol. The van der Waals surface area contributed by atoms with Crippen molar-refractivity contribution in [3.05, 3.63) is 17.0 Å². The normalized spacial score (nSPS) is 12.5. The largest absolute Gasteiger partial charge is 0.480 e. The zero-order chi connectivity index (χ0) is 14.6. The van der Waals surface area contributed by atoms with Crippen LogP contribution in [0.5, 0.6) is 0 Å². The van der Waals surface area contributed by atoms with Crippen LogP contribution in [0.4, 0.5) is 0 Å². The average Bonchev–Trinajstić information content (AvgIpc) is 2.70. The lowest BCUT2D eigenvalue weighted by Crippen LogP contribution is -2.41. The molecule has 1 heterocycles. The van der Waals surface area contributed by atoms with Gasteiger partial charge in [-0.3, -0.25) is 4.79 Å². The van der Waals surface area contributed by atoms with Crippen LogP contribution < -0.4 is 5.32 Å². The van der Waals surface area contributed by atoms with Gasteiger partial charge in [0.05, 0.1) is 5.69 Å². The van der Waals surface area contributed by atoms with Crippen LogP contribution in [0.3, 0.4) is 0 Å². The van der Waals surface area contributed by atoms with Crippen molar-refractivity contribution >= 4 is 11.9 Å². The molecule has 0 fully saturated rings. The predicted molar refractivity (Wildman–Crippen MR) is 69.1 cm³/mol. The Kier molecular flexibility index (Phi) is 5.09. The maximum absolute atomic E-state index is 12.2. The number of aryl methyl sites for hydroxylation is 1. The van der Waals surface area contributed by atoms with Gasteiger partial charge in [-0.15, -0.1) is 0 Å². The SMILES string of the molecule is CCC[C@H](NC(=O)c1c(C)noc1C(C)C)C(=O)O. The molecule has 0 aromatic carbocycles. The molecule has 1 atom stereocenters. The number of nitrogens with zero attached hydrogens (tertiary/aromatic N) is 1. The standard InChI is InChI=1S/C13H20N2O4/c1-5-6-9(13(17)18)14-12(16)10-8(4)15-19-11(10)7(2)3/h7,9H,5-6H2,1-4H3,(H,14,16)(H,17,18)/t9-/m0/s1. The third kappa shape index (κ3) is 3.56. The summed E-state index contributed by atoms with van der Waals surface area (Å²) in [6.45, 7) is 7.31. The summed E-state index contributed by atoms with van der Waals surface area (Å²) in [6, 6.07) is -0.883.